The van der Waals surface area contributed by atoms with Crippen LogP contribution >= 0.6 is 0 Å². The van der Waals surface area contributed by atoms with Gasteiger partial charge in [0, 0.05) is 34.9 Å². The third-order valence-electron chi connectivity index (χ3n) is 3.60. The molecule has 1 aliphatic carbocycles. The minimum absolute atomic E-state index is 0.390. The van der Waals surface area contributed by atoms with Crippen LogP contribution in [0.25, 0.3) is 0 Å². The highest BCUT2D eigenvalue weighted by Gasteiger charge is 2.25. The molecule has 5 unspecified atom stereocenters. The summed E-state index contributed by atoms with van der Waals surface area (Å²) >= 11 is 0. The predicted molar refractivity (Wildman–Crippen MR) is 67.5 cm³/mol. The molecule has 0 aromatic rings. The van der Waals surface area contributed by atoms with Crippen LogP contribution < -0.4 is 5.32 Å². The fraction of sp³-hybridized carbons (Fsp3) is 1.00. The second-order valence-corrected chi connectivity index (χ2v) is 6.75. The minimum Gasteiger partial charge on any atom is -0.311 e. The van der Waals surface area contributed by atoms with Crippen molar-refractivity contribution >= 4 is 10.8 Å². The number of nitrogens with one attached hydrogen (secondary N) is 1. The molecule has 1 fully saturated rings. The van der Waals surface area contributed by atoms with E-state index in [0.29, 0.717) is 12.1 Å². The Labute approximate surface area is 96.7 Å². The average molecular weight is 231 g/mol. The van der Waals surface area contributed by atoms with Crippen molar-refractivity contribution in [2.24, 2.45) is 11.8 Å². The highest BCUT2D eigenvalue weighted by atomic mass is 32.2. The van der Waals surface area contributed by atoms with Crippen molar-refractivity contribution in [2.45, 2.75) is 52.1 Å². The Morgan fingerprint density at radius 1 is 1.33 bits per heavy atom. The minimum atomic E-state index is -0.678. The van der Waals surface area contributed by atoms with Crippen LogP contribution in [0.5, 0.6) is 0 Å². The number of rotatable bonds is 4. The Balaban J connectivity index is 2.30. The maximum Gasteiger partial charge on any atom is 0.0383 e. The van der Waals surface area contributed by atoms with Gasteiger partial charge in [0.25, 0.3) is 0 Å². The molecular formula is C12H25NOS. The van der Waals surface area contributed by atoms with E-state index >= 15 is 0 Å². The topological polar surface area (TPSA) is 29.1 Å². The molecular weight excluding hydrogens is 206 g/mol. The molecule has 1 saturated carbocycles. The zero-order valence-corrected chi connectivity index (χ0v) is 11.3. The molecule has 0 spiro atoms. The van der Waals surface area contributed by atoms with Crippen molar-refractivity contribution in [3.63, 3.8) is 0 Å². The van der Waals surface area contributed by atoms with Crippen molar-refractivity contribution in [1.29, 1.82) is 0 Å². The van der Waals surface area contributed by atoms with Gasteiger partial charge in [-0.15, -0.1) is 0 Å². The fourth-order valence-electron chi connectivity index (χ4n) is 2.50. The lowest BCUT2D eigenvalue weighted by molar-refractivity contribution is 0.220. The van der Waals surface area contributed by atoms with Gasteiger partial charge < -0.3 is 5.32 Å². The molecule has 5 atom stereocenters. The van der Waals surface area contributed by atoms with E-state index in [1.807, 2.05) is 0 Å². The van der Waals surface area contributed by atoms with E-state index in [-0.39, 0.29) is 0 Å². The smallest absolute Gasteiger partial charge is 0.0383 e. The molecule has 0 saturated heterocycles. The number of hydrogen-bond acceptors (Lipinski definition) is 2. The van der Waals surface area contributed by atoms with Crippen LogP contribution in [0.3, 0.4) is 0 Å². The standard InChI is InChI=1S/C12H25NOS/c1-9-5-6-12(7-10(9)2)13-11(3)8-15(4)14/h9-13H,5-8H2,1-4H3. The maximum absolute atomic E-state index is 11.1. The van der Waals surface area contributed by atoms with Crippen LogP contribution in [0.15, 0.2) is 0 Å². The molecule has 0 radical (unpaired) electrons. The highest BCUT2D eigenvalue weighted by molar-refractivity contribution is 7.84. The van der Waals surface area contributed by atoms with Crippen LogP contribution in [0.1, 0.15) is 40.0 Å². The van der Waals surface area contributed by atoms with Gasteiger partial charge >= 0.3 is 0 Å². The van der Waals surface area contributed by atoms with Gasteiger partial charge in [-0.3, -0.25) is 4.21 Å². The van der Waals surface area contributed by atoms with Crippen LogP contribution in [0.4, 0.5) is 0 Å². The molecule has 0 bridgehead atoms. The summed E-state index contributed by atoms with van der Waals surface area (Å²) in [7, 11) is -0.678. The van der Waals surface area contributed by atoms with E-state index in [4.69, 9.17) is 0 Å². The Kier molecular flexibility index (Phi) is 5.27. The largest absolute Gasteiger partial charge is 0.311 e. The summed E-state index contributed by atoms with van der Waals surface area (Å²) < 4.78 is 11.1. The van der Waals surface area contributed by atoms with Crippen molar-refractivity contribution in [3.8, 4) is 0 Å². The Bertz CT molecular complexity index is 220. The summed E-state index contributed by atoms with van der Waals surface area (Å²) in [6.07, 6.45) is 5.68. The van der Waals surface area contributed by atoms with Gasteiger partial charge in [-0.1, -0.05) is 13.8 Å². The second-order valence-electron chi connectivity index (χ2n) is 5.27. The quantitative estimate of drug-likeness (QED) is 0.803. The van der Waals surface area contributed by atoms with E-state index in [0.717, 1.165) is 17.6 Å². The van der Waals surface area contributed by atoms with Crippen LogP contribution in [0.2, 0.25) is 0 Å². The summed E-state index contributed by atoms with van der Waals surface area (Å²) in [5, 5.41) is 3.61. The first-order valence-electron chi connectivity index (χ1n) is 6.05. The Morgan fingerprint density at radius 3 is 2.53 bits per heavy atom. The summed E-state index contributed by atoms with van der Waals surface area (Å²) in [6, 6.07) is 1.04. The molecule has 1 rings (SSSR count). The summed E-state index contributed by atoms with van der Waals surface area (Å²) in [4.78, 5) is 0. The fourth-order valence-corrected chi connectivity index (χ4v) is 3.30. The van der Waals surface area contributed by atoms with Crippen molar-refractivity contribution in [1.82, 2.24) is 5.32 Å². The van der Waals surface area contributed by atoms with Gasteiger partial charge in [-0.25, -0.2) is 0 Å². The van der Waals surface area contributed by atoms with Crippen LogP contribution in [-0.4, -0.2) is 28.3 Å². The van der Waals surface area contributed by atoms with Crippen molar-refractivity contribution in [3.05, 3.63) is 0 Å². The SMILES string of the molecule is CC(CS(C)=O)NC1CCC(C)C(C)C1. The van der Waals surface area contributed by atoms with E-state index in [2.05, 4.69) is 26.1 Å². The zero-order valence-electron chi connectivity index (χ0n) is 10.5. The number of hydrogen-bond donors (Lipinski definition) is 1. The third-order valence-corrected chi connectivity index (χ3v) is 4.57. The first-order valence-corrected chi connectivity index (χ1v) is 7.77. The van der Waals surface area contributed by atoms with Gasteiger partial charge in [-0.05, 0) is 38.0 Å². The molecule has 15 heavy (non-hydrogen) atoms. The summed E-state index contributed by atoms with van der Waals surface area (Å²) in [6.45, 7) is 6.84. The monoisotopic (exact) mass is 231 g/mol. The first kappa shape index (κ1) is 13.2. The normalized spacial score (nSPS) is 36.1. The van der Waals surface area contributed by atoms with Crippen LogP contribution in [0, 0.1) is 11.8 Å². The summed E-state index contributed by atoms with van der Waals surface area (Å²) in [5.74, 6) is 2.48. The molecule has 2 nitrogen and oxygen atoms in total. The molecule has 90 valence electrons. The molecule has 0 amide bonds. The maximum atomic E-state index is 11.1. The van der Waals surface area contributed by atoms with E-state index in [1.165, 1.54) is 19.3 Å². The lowest BCUT2D eigenvalue weighted by atomic mass is 9.79. The van der Waals surface area contributed by atoms with E-state index < -0.39 is 10.8 Å². The van der Waals surface area contributed by atoms with E-state index in [1.54, 1.807) is 6.26 Å². The predicted octanol–water partition coefficient (Wildman–Crippen LogP) is 2.17. The van der Waals surface area contributed by atoms with Crippen molar-refractivity contribution < 1.29 is 4.21 Å². The average Bonchev–Trinajstić information content (AvgIpc) is 2.10. The van der Waals surface area contributed by atoms with E-state index in [9.17, 15) is 4.21 Å². The zero-order chi connectivity index (χ0) is 11.4. The van der Waals surface area contributed by atoms with Gasteiger partial charge in [0.2, 0.25) is 0 Å². The Hall–Kier alpha value is 0.110. The van der Waals surface area contributed by atoms with Crippen LogP contribution in [-0.2, 0) is 10.8 Å². The lowest BCUT2D eigenvalue weighted by Gasteiger charge is -2.34. The first-order chi connectivity index (χ1) is 6.99. The molecule has 3 heteroatoms. The van der Waals surface area contributed by atoms with Gasteiger partial charge in [0.15, 0.2) is 0 Å². The summed E-state index contributed by atoms with van der Waals surface area (Å²) in [5.41, 5.74) is 0. The molecule has 0 heterocycles. The van der Waals surface area contributed by atoms with Gasteiger partial charge in [-0.2, -0.15) is 0 Å². The van der Waals surface area contributed by atoms with Gasteiger partial charge in [0.05, 0.1) is 0 Å². The lowest BCUT2D eigenvalue weighted by Crippen LogP contribution is -2.43. The van der Waals surface area contributed by atoms with Gasteiger partial charge in [0.1, 0.15) is 0 Å². The molecule has 0 aromatic heterocycles. The third kappa shape index (κ3) is 4.64. The molecule has 1 N–H and O–H groups in total. The molecule has 1 aliphatic rings. The second kappa shape index (κ2) is 6.00. The molecule has 0 aliphatic heterocycles. The van der Waals surface area contributed by atoms with Crippen molar-refractivity contribution in [2.75, 3.05) is 12.0 Å². The highest BCUT2D eigenvalue weighted by Crippen LogP contribution is 2.29. The Morgan fingerprint density at radius 2 is 2.00 bits per heavy atom. The molecule has 0 aromatic carbocycles.